The average Bonchev–Trinajstić information content (AvgIpc) is 2.60. The molecule has 0 aliphatic carbocycles. The summed E-state index contributed by atoms with van der Waals surface area (Å²) in [5.41, 5.74) is 2.51. The van der Waals surface area contributed by atoms with Crippen molar-refractivity contribution in [1.29, 1.82) is 0 Å². The van der Waals surface area contributed by atoms with Crippen molar-refractivity contribution < 1.29 is 4.79 Å². The van der Waals surface area contributed by atoms with Gasteiger partial charge >= 0.3 is 0 Å². The summed E-state index contributed by atoms with van der Waals surface area (Å²) < 4.78 is 1.64. The van der Waals surface area contributed by atoms with Crippen molar-refractivity contribution in [3.05, 3.63) is 70.3 Å². The molecule has 128 valence electrons. The molecule has 3 rings (SSSR count). The molecule has 0 saturated carbocycles. The Morgan fingerprint density at radius 3 is 2.60 bits per heavy atom. The third kappa shape index (κ3) is 3.76. The quantitative estimate of drug-likeness (QED) is 0.777. The second-order valence-electron chi connectivity index (χ2n) is 6.10. The van der Waals surface area contributed by atoms with Crippen LogP contribution in [0.3, 0.4) is 0 Å². The van der Waals surface area contributed by atoms with Crippen LogP contribution in [0.1, 0.15) is 24.2 Å². The zero-order chi connectivity index (χ0) is 17.8. The SMILES string of the molecule is Cc1ccccc1NC(=O)CCCn1c(C)nc2ccccc2c1=O. The van der Waals surface area contributed by atoms with E-state index in [1.165, 1.54) is 0 Å². The summed E-state index contributed by atoms with van der Waals surface area (Å²) in [6.45, 7) is 4.25. The van der Waals surface area contributed by atoms with Crippen molar-refractivity contribution in [1.82, 2.24) is 9.55 Å². The van der Waals surface area contributed by atoms with Gasteiger partial charge in [0.15, 0.2) is 0 Å². The fourth-order valence-electron chi connectivity index (χ4n) is 2.87. The molecule has 1 N–H and O–H groups in total. The number of carbonyl (C=O) groups is 1. The van der Waals surface area contributed by atoms with E-state index in [1.807, 2.05) is 56.3 Å². The number of fused-ring (bicyclic) bond motifs is 1. The Labute approximate surface area is 146 Å². The number of carbonyl (C=O) groups excluding carboxylic acids is 1. The lowest BCUT2D eigenvalue weighted by molar-refractivity contribution is -0.116. The van der Waals surface area contributed by atoms with Gasteiger partial charge in [0.1, 0.15) is 5.82 Å². The molecule has 1 heterocycles. The van der Waals surface area contributed by atoms with Gasteiger partial charge in [-0.1, -0.05) is 30.3 Å². The largest absolute Gasteiger partial charge is 0.326 e. The maximum absolute atomic E-state index is 12.6. The van der Waals surface area contributed by atoms with Gasteiger partial charge in [0, 0.05) is 18.7 Å². The van der Waals surface area contributed by atoms with Gasteiger partial charge in [0.05, 0.1) is 10.9 Å². The lowest BCUT2D eigenvalue weighted by Crippen LogP contribution is -2.24. The van der Waals surface area contributed by atoms with E-state index >= 15 is 0 Å². The van der Waals surface area contributed by atoms with Crippen LogP contribution in [0.4, 0.5) is 5.69 Å². The highest BCUT2D eigenvalue weighted by molar-refractivity contribution is 5.91. The van der Waals surface area contributed by atoms with E-state index in [4.69, 9.17) is 0 Å². The van der Waals surface area contributed by atoms with Crippen molar-refractivity contribution in [3.63, 3.8) is 0 Å². The first-order chi connectivity index (χ1) is 12.1. The minimum atomic E-state index is -0.0533. The van der Waals surface area contributed by atoms with E-state index < -0.39 is 0 Å². The molecule has 3 aromatic rings. The van der Waals surface area contributed by atoms with E-state index in [9.17, 15) is 9.59 Å². The molecule has 0 aliphatic heterocycles. The highest BCUT2D eigenvalue weighted by Gasteiger charge is 2.09. The number of aryl methyl sites for hydroxylation is 2. The Bertz CT molecular complexity index is 976. The normalized spacial score (nSPS) is 10.8. The summed E-state index contributed by atoms with van der Waals surface area (Å²) in [6, 6.07) is 15.0. The predicted octanol–water partition coefficient (Wildman–Crippen LogP) is 3.43. The highest BCUT2D eigenvalue weighted by Crippen LogP contribution is 2.14. The van der Waals surface area contributed by atoms with E-state index in [0.717, 1.165) is 11.3 Å². The molecule has 0 spiro atoms. The zero-order valence-electron chi connectivity index (χ0n) is 14.5. The Morgan fingerprint density at radius 2 is 1.80 bits per heavy atom. The highest BCUT2D eigenvalue weighted by atomic mass is 16.1. The first-order valence-electron chi connectivity index (χ1n) is 8.38. The number of para-hydroxylation sites is 2. The van der Waals surface area contributed by atoms with Crippen LogP contribution in [-0.4, -0.2) is 15.5 Å². The van der Waals surface area contributed by atoms with Crippen molar-refractivity contribution in [3.8, 4) is 0 Å². The van der Waals surface area contributed by atoms with Crippen LogP contribution < -0.4 is 10.9 Å². The summed E-state index contributed by atoms with van der Waals surface area (Å²) in [6.07, 6.45) is 0.936. The van der Waals surface area contributed by atoms with Gasteiger partial charge < -0.3 is 5.32 Å². The molecule has 0 saturated heterocycles. The molecule has 0 aliphatic rings. The van der Waals surface area contributed by atoms with Crippen molar-refractivity contribution >= 4 is 22.5 Å². The van der Waals surface area contributed by atoms with Crippen LogP contribution in [0.2, 0.25) is 0 Å². The standard InChI is InChI=1S/C20H21N3O2/c1-14-8-3-5-10-17(14)22-19(24)12-7-13-23-15(2)21-18-11-6-4-9-16(18)20(23)25/h3-6,8-11H,7,12-13H2,1-2H3,(H,22,24). The minimum absolute atomic E-state index is 0.0475. The van der Waals surface area contributed by atoms with Crippen LogP contribution in [0.15, 0.2) is 53.3 Å². The Hall–Kier alpha value is -2.95. The summed E-state index contributed by atoms with van der Waals surface area (Å²) in [5, 5.41) is 3.52. The number of aromatic nitrogens is 2. The number of hydrogen-bond acceptors (Lipinski definition) is 3. The number of anilines is 1. The molecule has 1 amide bonds. The van der Waals surface area contributed by atoms with Crippen molar-refractivity contribution in [2.75, 3.05) is 5.32 Å². The second-order valence-corrected chi connectivity index (χ2v) is 6.10. The van der Waals surface area contributed by atoms with Gasteiger partial charge in [0.25, 0.3) is 5.56 Å². The molecule has 0 radical (unpaired) electrons. The molecule has 5 heteroatoms. The third-order valence-electron chi connectivity index (χ3n) is 4.26. The lowest BCUT2D eigenvalue weighted by atomic mass is 10.2. The molecule has 0 atom stereocenters. The van der Waals surface area contributed by atoms with E-state index in [0.29, 0.717) is 36.1 Å². The van der Waals surface area contributed by atoms with Gasteiger partial charge in [-0.2, -0.15) is 0 Å². The molecule has 2 aromatic carbocycles. The van der Waals surface area contributed by atoms with E-state index in [-0.39, 0.29) is 11.5 Å². The minimum Gasteiger partial charge on any atom is -0.326 e. The average molecular weight is 335 g/mol. The molecule has 0 bridgehead atoms. The molecule has 25 heavy (non-hydrogen) atoms. The maximum Gasteiger partial charge on any atom is 0.261 e. The van der Waals surface area contributed by atoms with Crippen LogP contribution in [0.25, 0.3) is 10.9 Å². The third-order valence-corrected chi connectivity index (χ3v) is 4.26. The van der Waals surface area contributed by atoms with E-state index in [2.05, 4.69) is 10.3 Å². The van der Waals surface area contributed by atoms with Crippen LogP contribution in [0, 0.1) is 13.8 Å². The first kappa shape index (κ1) is 16.9. The number of rotatable bonds is 5. The molecular formula is C20H21N3O2. The molecular weight excluding hydrogens is 314 g/mol. The fourth-order valence-corrected chi connectivity index (χ4v) is 2.87. The Kier molecular flexibility index (Phi) is 4.93. The van der Waals surface area contributed by atoms with Crippen LogP contribution in [0.5, 0.6) is 0 Å². The number of hydrogen-bond donors (Lipinski definition) is 1. The van der Waals surface area contributed by atoms with Crippen LogP contribution in [-0.2, 0) is 11.3 Å². The molecule has 5 nitrogen and oxygen atoms in total. The number of nitrogens with one attached hydrogen (secondary N) is 1. The predicted molar refractivity (Wildman–Crippen MR) is 99.8 cm³/mol. The molecule has 0 fully saturated rings. The second kappa shape index (κ2) is 7.30. The molecule has 1 aromatic heterocycles. The Morgan fingerprint density at radius 1 is 1.08 bits per heavy atom. The summed E-state index contributed by atoms with van der Waals surface area (Å²) in [7, 11) is 0. The fraction of sp³-hybridized carbons (Fsp3) is 0.250. The van der Waals surface area contributed by atoms with Gasteiger partial charge in [-0.05, 0) is 44.0 Å². The summed E-state index contributed by atoms with van der Waals surface area (Å²) >= 11 is 0. The van der Waals surface area contributed by atoms with E-state index in [1.54, 1.807) is 10.6 Å². The smallest absolute Gasteiger partial charge is 0.261 e. The van der Waals surface area contributed by atoms with Crippen LogP contribution >= 0.6 is 0 Å². The van der Waals surface area contributed by atoms with Crippen molar-refractivity contribution in [2.24, 2.45) is 0 Å². The Balaban J connectivity index is 1.66. The summed E-state index contributed by atoms with van der Waals surface area (Å²) in [4.78, 5) is 29.2. The number of amides is 1. The maximum atomic E-state index is 12.6. The monoisotopic (exact) mass is 335 g/mol. The van der Waals surface area contributed by atoms with Gasteiger partial charge in [-0.3, -0.25) is 14.2 Å². The van der Waals surface area contributed by atoms with Gasteiger partial charge in [0.2, 0.25) is 5.91 Å². The lowest BCUT2D eigenvalue weighted by Gasteiger charge is -2.11. The molecule has 0 unspecified atom stereocenters. The zero-order valence-corrected chi connectivity index (χ0v) is 14.5. The number of nitrogens with zero attached hydrogens (tertiary/aromatic N) is 2. The van der Waals surface area contributed by atoms with Gasteiger partial charge in [-0.15, -0.1) is 0 Å². The van der Waals surface area contributed by atoms with Crippen molar-refractivity contribution in [2.45, 2.75) is 33.2 Å². The first-order valence-corrected chi connectivity index (χ1v) is 8.38. The number of benzene rings is 2. The summed E-state index contributed by atoms with van der Waals surface area (Å²) in [5.74, 6) is 0.622. The van der Waals surface area contributed by atoms with Gasteiger partial charge in [-0.25, -0.2) is 4.98 Å². The topological polar surface area (TPSA) is 64.0 Å².